The summed E-state index contributed by atoms with van der Waals surface area (Å²) < 4.78 is 17.4. The van der Waals surface area contributed by atoms with Crippen LogP contribution >= 0.6 is 0 Å². The largest absolute Gasteiger partial charge is 0.515 e. The van der Waals surface area contributed by atoms with E-state index in [2.05, 4.69) is 39.5 Å². The van der Waals surface area contributed by atoms with Crippen molar-refractivity contribution in [2.45, 2.75) is 45.8 Å². The van der Waals surface area contributed by atoms with Gasteiger partial charge in [-0.3, -0.25) is 0 Å². The fraction of sp³-hybridized carbons (Fsp3) is 0.833. The van der Waals surface area contributed by atoms with E-state index in [1.165, 1.54) is 0 Å². The molecule has 0 aliphatic carbocycles. The van der Waals surface area contributed by atoms with Gasteiger partial charge in [0.1, 0.15) is 6.61 Å². The predicted molar refractivity (Wildman–Crippen MR) is 67.4 cm³/mol. The highest BCUT2D eigenvalue weighted by molar-refractivity contribution is 6.54. The first-order valence-corrected chi connectivity index (χ1v) is 6.29. The molecule has 0 atom stereocenters. The lowest BCUT2D eigenvalue weighted by Gasteiger charge is -2.32. The van der Waals surface area contributed by atoms with E-state index in [9.17, 15) is 0 Å². The van der Waals surface area contributed by atoms with Crippen LogP contribution in [-0.4, -0.2) is 42.9 Å². The normalized spacial score (nSPS) is 26.8. The summed E-state index contributed by atoms with van der Waals surface area (Å²) in [7, 11) is -0.319. The molecule has 4 nitrogen and oxygen atoms in total. The Labute approximate surface area is 104 Å². The third-order valence-corrected chi connectivity index (χ3v) is 3.92. The Hall–Kier alpha value is -0.675. The van der Waals surface area contributed by atoms with E-state index in [0.29, 0.717) is 0 Å². The van der Waals surface area contributed by atoms with Crippen molar-refractivity contribution < 1.29 is 14.0 Å². The minimum absolute atomic E-state index is 0.296. The molecular formula is C12H22BNO3. The van der Waals surface area contributed by atoms with Crippen LogP contribution < -0.4 is 0 Å². The second kappa shape index (κ2) is 4.21. The number of likely N-dealkylation sites (N-methyl/N-ethyl adjacent to an activating group) is 1. The van der Waals surface area contributed by atoms with Gasteiger partial charge in [0, 0.05) is 6.54 Å². The van der Waals surface area contributed by atoms with E-state index >= 15 is 0 Å². The van der Waals surface area contributed by atoms with Crippen molar-refractivity contribution in [3.05, 3.63) is 11.9 Å². The molecule has 0 aromatic carbocycles. The smallest absolute Gasteiger partial charge is 0.498 e. The van der Waals surface area contributed by atoms with Crippen LogP contribution in [0.5, 0.6) is 0 Å². The van der Waals surface area contributed by atoms with Crippen molar-refractivity contribution in [3.8, 4) is 0 Å². The molecule has 17 heavy (non-hydrogen) atoms. The van der Waals surface area contributed by atoms with Crippen LogP contribution in [0.4, 0.5) is 0 Å². The highest BCUT2D eigenvalue weighted by atomic mass is 16.7. The summed E-state index contributed by atoms with van der Waals surface area (Å²) in [5, 5.41) is 0. The number of hydrogen-bond acceptors (Lipinski definition) is 4. The molecule has 96 valence electrons. The first-order valence-electron chi connectivity index (χ1n) is 6.29. The quantitative estimate of drug-likeness (QED) is 0.687. The van der Waals surface area contributed by atoms with E-state index in [4.69, 9.17) is 14.0 Å². The SMILES string of the molecule is CCN1CCOC=C1B1OC(C)(C)C(C)(C)O1. The molecule has 0 amide bonds. The van der Waals surface area contributed by atoms with Crippen molar-refractivity contribution in [1.29, 1.82) is 0 Å². The summed E-state index contributed by atoms with van der Waals surface area (Å²) in [6.45, 7) is 13.0. The van der Waals surface area contributed by atoms with E-state index in [1.54, 1.807) is 6.26 Å². The molecule has 0 bridgehead atoms. The summed E-state index contributed by atoms with van der Waals surface area (Å²) in [6, 6.07) is 0. The van der Waals surface area contributed by atoms with Crippen molar-refractivity contribution >= 4 is 7.12 Å². The highest BCUT2D eigenvalue weighted by Crippen LogP contribution is 2.39. The number of nitrogens with zero attached hydrogens (tertiary/aromatic N) is 1. The Bertz CT molecular complexity index is 312. The van der Waals surface area contributed by atoms with Gasteiger partial charge in [-0.05, 0) is 34.6 Å². The molecule has 0 saturated carbocycles. The van der Waals surface area contributed by atoms with E-state index in [1.807, 2.05) is 0 Å². The second-order valence-electron chi connectivity index (χ2n) is 5.58. The Balaban J connectivity index is 2.17. The van der Waals surface area contributed by atoms with Crippen LogP contribution in [0.15, 0.2) is 11.9 Å². The number of ether oxygens (including phenoxy) is 1. The van der Waals surface area contributed by atoms with Crippen LogP contribution in [-0.2, 0) is 14.0 Å². The molecule has 0 spiro atoms. The Morgan fingerprint density at radius 2 is 1.82 bits per heavy atom. The van der Waals surface area contributed by atoms with Crippen LogP contribution in [0.3, 0.4) is 0 Å². The van der Waals surface area contributed by atoms with E-state index in [0.717, 1.165) is 25.3 Å². The maximum absolute atomic E-state index is 6.02. The molecule has 0 unspecified atom stereocenters. The van der Waals surface area contributed by atoms with Crippen molar-refractivity contribution in [3.63, 3.8) is 0 Å². The Kier molecular flexibility index (Phi) is 3.16. The van der Waals surface area contributed by atoms with Gasteiger partial charge in [-0.15, -0.1) is 0 Å². The maximum Gasteiger partial charge on any atom is 0.515 e. The standard InChI is InChI=1S/C12H22BNO3/c1-6-14-7-8-15-9-10(14)13-16-11(2,3)12(4,5)17-13/h9H,6-8H2,1-5H3. The number of rotatable bonds is 2. The lowest BCUT2D eigenvalue weighted by molar-refractivity contribution is 0.00578. The second-order valence-corrected chi connectivity index (χ2v) is 5.58. The topological polar surface area (TPSA) is 30.9 Å². The predicted octanol–water partition coefficient (Wildman–Crippen LogP) is 1.81. The Morgan fingerprint density at radius 1 is 1.24 bits per heavy atom. The van der Waals surface area contributed by atoms with E-state index < -0.39 is 0 Å². The molecule has 0 radical (unpaired) electrons. The summed E-state index contributed by atoms with van der Waals surface area (Å²) in [5.74, 6) is 0. The summed E-state index contributed by atoms with van der Waals surface area (Å²) in [5.41, 5.74) is 0.405. The number of hydrogen-bond donors (Lipinski definition) is 0. The van der Waals surface area contributed by atoms with E-state index in [-0.39, 0.29) is 18.3 Å². The lowest BCUT2D eigenvalue weighted by Crippen LogP contribution is -2.41. The first-order chi connectivity index (χ1) is 7.87. The van der Waals surface area contributed by atoms with Gasteiger partial charge in [-0.25, -0.2) is 0 Å². The molecule has 2 aliphatic heterocycles. The molecule has 0 N–H and O–H groups in total. The average molecular weight is 239 g/mol. The van der Waals surface area contributed by atoms with Gasteiger partial charge in [0.25, 0.3) is 0 Å². The van der Waals surface area contributed by atoms with Gasteiger partial charge in [0.2, 0.25) is 0 Å². The molecule has 0 aromatic rings. The van der Waals surface area contributed by atoms with Crippen LogP contribution in [0, 0.1) is 0 Å². The first kappa shape index (κ1) is 12.8. The molecule has 2 heterocycles. The molecular weight excluding hydrogens is 217 g/mol. The molecule has 2 aliphatic rings. The van der Waals surface area contributed by atoms with Crippen LogP contribution in [0.1, 0.15) is 34.6 Å². The van der Waals surface area contributed by atoms with Gasteiger partial charge in [-0.1, -0.05) is 0 Å². The fourth-order valence-electron chi connectivity index (χ4n) is 2.02. The van der Waals surface area contributed by atoms with Gasteiger partial charge in [-0.2, -0.15) is 0 Å². The average Bonchev–Trinajstić information content (AvgIpc) is 2.48. The van der Waals surface area contributed by atoms with Gasteiger partial charge >= 0.3 is 7.12 Å². The molecule has 5 heteroatoms. The van der Waals surface area contributed by atoms with Crippen LogP contribution in [0.25, 0.3) is 0 Å². The monoisotopic (exact) mass is 239 g/mol. The summed E-state index contributed by atoms with van der Waals surface area (Å²) >= 11 is 0. The third kappa shape index (κ3) is 2.18. The molecule has 2 rings (SSSR count). The van der Waals surface area contributed by atoms with Gasteiger partial charge < -0.3 is 18.9 Å². The highest BCUT2D eigenvalue weighted by Gasteiger charge is 2.53. The lowest BCUT2D eigenvalue weighted by atomic mass is 9.83. The minimum Gasteiger partial charge on any atom is -0.498 e. The van der Waals surface area contributed by atoms with Gasteiger partial charge in [0.05, 0.1) is 29.6 Å². The van der Waals surface area contributed by atoms with Crippen molar-refractivity contribution in [1.82, 2.24) is 4.90 Å². The fourth-order valence-corrected chi connectivity index (χ4v) is 2.02. The van der Waals surface area contributed by atoms with Crippen LogP contribution in [0.2, 0.25) is 0 Å². The third-order valence-electron chi connectivity index (χ3n) is 3.92. The zero-order chi connectivity index (χ0) is 12.7. The minimum atomic E-state index is -0.319. The molecule has 0 aromatic heterocycles. The summed E-state index contributed by atoms with van der Waals surface area (Å²) in [6.07, 6.45) is 1.77. The molecule has 1 saturated heterocycles. The zero-order valence-electron chi connectivity index (χ0n) is 11.4. The van der Waals surface area contributed by atoms with Crippen molar-refractivity contribution in [2.75, 3.05) is 19.7 Å². The zero-order valence-corrected chi connectivity index (χ0v) is 11.4. The maximum atomic E-state index is 6.02. The van der Waals surface area contributed by atoms with Gasteiger partial charge in [0.15, 0.2) is 0 Å². The van der Waals surface area contributed by atoms with Crippen molar-refractivity contribution in [2.24, 2.45) is 0 Å². The summed E-state index contributed by atoms with van der Waals surface area (Å²) in [4.78, 5) is 2.24. The molecule has 1 fully saturated rings. The Morgan fingerprint density at radius 3 is 2.35 bits per heavy atom.